The van der Waals surface area contributed by atoms with Crippen molar-refractivity contribution in [3.8, 4) is 0 Å². The predicted octanol–water partition coefficient (Wildman–Crippen LogP) is 19.7. The molecule has 2 heteroatoms. The largest absolute Gasteiger partial charge is 0.261 e. The van der Waals surface area contributed by atoms with E-state index in [1.165, 1.54) is 273 Å². The predicted molar refractivity (Wildman–Crippen MR) is 276 cm³/mol. The van der Waals surface area contributed by atoms with Crippen LogP contribution < -0.4 is 0 Å². The smallest absolute Gasteiger partial charge is 0.0434 e. The van der Waals surface area contributed by atoms with E-state index < -0.39 is 0 Å². The molecular formula is C61H104N2. The van der Waals surface area contributed by atoms with E-state index in [-0.39, 0.29) is 0 Å². The van der Waals surface area contributed by atoms with Crippen LogP contribution in [0.1, 0.15) is 300 Å². The minimum atomic E-state index is 0.726. The molecule has 0 aliphatic heterocycles. The Balaban J connectivity index is 0.000000238. The van der Waals surface area contributed by atoms with Crippen LogP contribution in [0.2, 0.25) is 0 Å². The van der Waals surface area contributed by atoms with Crippen LogP contribution in [0.3, 0.4) is 0 Å². The van der Waals surface area contributed by atoms with Crippen molar-refractivity contribution >= 4 is 0 Å². The Hall–Kier alpha value is -1.70. The van der Waals surface area contributed by atoms with Gasteiger partial charge in [-0.15, -0.1) is 0 Å². The van der Waals surface area contributed by atoms with Crippen molar-refractivity contribution in [2.75, 3.05) is 0 Å². The molecule has 0 radical (unpaired) electrons. The van der Waals surface area contributed by atoms with Gasteiger partial charge in [0.2, 0.25) is 0 Å². The van der Waals surface area contributed by atoms with Gasteiger partial charge in [-0.3, -0.25) is 9.97 Å². The monoisotopic (exact) mass is 865 g/mol. The molecular weight excluding hydrogens is 761 g/mol. The SMILES string of the molecule is CCCCCCCc1ccc(C2CCC([C@H]3CC[C@H](CCCCCC)CC3)CC2)nc1.CCCCCCCc1ccc(C2CCC([C@H]3CC[C@H](CCCCCCC)CC3)CC2)nc1. The average Bonchev–Trinajstić information content (AvgIpc) is 3.34. The standard InChI is InChI=1S/C31H53N.C30H51N/c1-3-5-7-9-11-13-26-15-18-28(19-16-26)29-20-22-30(23-21-29)31-24-17-27(25-32-31)14-12-10-8-6-4-2;1-3-5-7-9-11-13-26-16-23-30(31-24-26)29-21-19-28(20-22-29)27-17-14-25(15-18-27)12-10-8-6-4-2/h17,24-26,28-30H,3-16,18-23H2,1-2H3;16,23-25,27-29H,3-15,17-22H2,1-2H3/t26-,28-,29?,30?;25-,27-,28?,29?. The zero-order chi connectivity index (χ0) is 44.2. The average molecular weight is 866 g/mol. The van der Waals surface area contributed by atoms with E-state index in [4.69, 9.17) is 9.97 Å². The number of unbranched alkanes of at least 4 members (excludes halogenated alkanes) is 15. The molecule has 2 aromatic heterocycles. The minimum absolute atomic E-state index is 0.726. The van der Waals surface area contributed by atoms with Gasteiger partial charge < -0.3 is 0 Å². The van der Waals surface area contributed by atoms with Crippen LogP contribution in [-0.2, 0) is 12.8 Å². The quantitative estimate of drug-likeness (QED) is 0.0836. The maximum atomic E-state index is 4.91. The van der Waals surface area contributed by atoms with Gasteiger partial charge in [0.15, 0.2) is 0 Å². The molecule has 0 N–H and O–H groups in total. The van der Waals surface area contributed by atoms with Gasteiger partial charge >= 0.3 is 0 Å². The Morgan fingerprint density at radius 2 is 0.635 bits per heavy atom. The summed E-state index contributed by atoms with van der Waals surface area (Å²) in [5.74, 6) is 7.66. The number of aromatic nitrogens is 2. The van der Waals surface area contributed by atoms with Crippen LogP contribution in [0, 0.1) is 35.5 Å². The van der Waals surface area contributed by atoms with E-state index in [0.717, 1.165) is 47.3 Å². The van der Waals surface area contributed by atoms with Gasteiger partial charge in [0.05, 0.1) is 0 Å². The molecule has 2 nitrogen and oxygen atoms in total. The van der Waals surface area contributed by atoms with Gasteiger partial charge in [0.25, 0.3) is 0 Å². The first kappa shape index (κ1) is 52.3. The van der Waals surface area contributed by atoms with Crippen LogP contribution in [-0.4, -0.2) is 9.97 Å². The van der Waals surface area contributed by atoms with Crippen LogP contribution >= 0.6 is 0 Å². The summed E-state index contributed by atoms with van der Waals surface area (Å²) in [5.41, 5.74) is 5.65. The summed E-state index contributed by atoms with van der Waals surface area (Å²) in [6.07, 6.45) is 60.0. The molecule has 0 saturated heterocycles. The number of hydrogen-bond donors (Lipinski definition) is 0. The van der Waals surface area contributed by atoms with Gasteiger partial charge in [-0.1, -0.05) is 188 Å². The summed E-state index contributed by atoms with van der Waals surface area (Å²) in [6, 6.07) is 9.46. The van der Waals surface area contributed by atoms with Crippen molar-refractivity contribution in [1.82, 2.24) is 9.97 Å². The third-order valence-electron chi connectivity index (χ3n) is 17.5. The van der Waals surface area contributed by atoms with E-state index in [9.17, 15) is 0 Å². The zero-order valence-corrected chi connectivity index (χ0v) is 42.6. The summed E-state index contributed by atoms with van der Waals surface area (Å²) in [6.45, 7) is 9.22. The molecule has 6 rings (SSSR count). The zero-order valence-electron chi connectivity index (χ0n) is 42.6. The van der Waals surface area contributed by atoms with Gasteiger partial charge in [-0.25, -0.2) is 0 Å². The Morgan fingerprint density at radius 1 is 0.333 bits per heavy atom. The lowest BCUT2D eigenvalue weighted by Crippen LogP contribution is -2.25. The molecule has 0 bridgehead atoms. The Labute approximate surface area is 393 Å². The van der Waals surface area contributed by atoms with Gasteiger partial charge in [0, 0.05) is 35.6 Å². The number of pyridine rings is 2. The normalized spacial score (nSPS) is 26.5. The maximum absolute atomic E-state index is 4.91. The van der Waals surface area contributed by atoms with E-state index in [1.807, 2.05) is 0 Å². The number of rotatable bonds is 27. The van der Waals surface area contributed by atoms with Crippen molar-refractivity contribution in [1.29, 1.82) is 0 Å². The second-order valence-electron chi connectivity index (χ2n) is 22.3. The highest BCUT2D eigenvalue weighted by Crippen LogP contribution is 2.46. The van der Waals surface area contributed by atoms with Crippen molar-refractivity contribution in [3.63, 3.8) is 0 Å². The summed E-state index contributed by atoms with van der Waals surface area (Å²) in [5, 5.41) is 0. The summed E-state index contributed by atoms with van der Waals surface area (Å²) in [4.78, 5) is 9.82. The molecule has 0 amide bonds. The first-order valence-corrected chi connectivity index (χ1v) is 29.0. The lowest BCUT2D eigenvalue weighted by molar-refractivity contribution is 0.155. The van der Waals surface area contributed by atoms with Crippen LogP contribution in [0.15, 0.2) is 36.7 Å². The summed E-state index contributed by atoms with van der Waals surface area (Å²) in [7, 11) is 0. The Morgan fingerprint density at radius 3 is 0.952 bits per heavy atom. The first-order chi connectivity index (χ1) is 31.1. The highest BCUT2D eigenvalue weighted by atomic mass is 14.7. The van der Waals surface area contributed by atoms with Gasteiger partial charge in [0.1, 0.15) is 0 Å². The second kappa shape index (κ2) is 32.1. The fourth-order valence-electron chi connectivity index (χ4n) is 13.1. The lowest BCUT2D eigenvalue weighted by atomic mass is 9.68. The number of hydrogen-bond acceptors (Lipinski definition) is 2. The van der Waals surface area contributed by atoms with Crippen LogP contribution in [0.25, 0.3) is 0 Å². The lowest BCUT2D eigenvalue weighted by Gasteiger charge is -2.38. The van der Waals surface area contributed by atoms with Crippen molar-refractivity contribution in [3.05, 3.63) is 59.2 Å². The molecule has 0 spiro atoms. The highest BCUT2D eigenvalue weighted by Gasteiger charge is 2.33. The highest BCUT2D eigenvalue weighted by molar-refractivity contribution is 5.19. The second-order valence-corrected chi connectivity index (χ2v) is 22.3. The molecule has 63 heavy (non-hydrogen) atoms. The van der Waals surface area contributed by atoms with Crippen molar-refractivity contribution in [2.45, 2.75) is 290 Å². The summed E-state index contributed by atoms with van der Waals surface area (Å²) >= 11 is 0. The van der Waals surface area contributed by atoms with Crippen LogP contribution in [0.4, 0.5) is 0 Å². The molecule has 4 saturated carbocycles. The summed E-state index contributed by atoms with van der Waals surface area (Å²) < 4.78 is 0. The maximum Gasteiger partial charge on any atom is 0.0434 e. The van der Waals surface area contributed by atoms with Crippen molar-refractivity contribution < 1.29 is 0 Å². The Bertz CT molecular complexity index is 1350. The molecule has 0 atom stereocenters. The van der Waals surface area contributed by atoms with E-state index in [1.54, 1.807) is 0 Å². The molecule has 2 aromatic rings. The third-order valence-corrected chi connectivity index (χ3v) is 17.5. The molecule has 4 aliphatic rings. The van der Waals surface area contributed by atoms with Crippen LogP contribution in [0.5, 0.6) is 0 Å². The van der Waals surface area contributed by atoms with E-state index in [2.05, 4.69) is 64.4 Å². The molecule has 0 aromatic carbocycles. The minimum Gasteiger partial charge on any atom is -0.261 e. The number of aryl methyl sites for hydroxylation is 2. The fraction of sp³-hybridized carbons (Fsp3) is 0.836. The van der Waals surface area contributed by atoms with E-state index in [0.29, 0.717) is 0 Å². The molecule has 4 fully saturated rings. The first-order valence-electron chi connectivity index (χ1n) is 29.0. The molecule has 358 valence electrons. The third kappa shape index (κ3) is 20.0. The molecule has 0 unspecified atom stereocenters. The Kier molecular flexibility index (Phi) is 26.6. The molecule has 2 heterocycles. The number of nitrogens with zero attached hydrogens (tertiary/aromatic N) is 2. The topological polar surface area (TPSA) is 25.8 Å². The fourth-order valence-corrected chi connectivity index (χ4v) is 13.1. The van der Waals surface area contributed by atoms with Crippen molar-refractivity contribution in [2.24, 2.45) is 35.5 Å². The van der Waals surface area contributed by atoms with Gasteiger partial charge in [-0.2, -0.15) is 0 Å². The van der Waals surface area contributed by atoms with E-state index >= 15 is 0 Å². The molecule has 4 aliphatic carbocycles. The van der Waals surface area contributed by atoms with Gasteiger partial charge in [-0.05, 0) is 162 Å².